The van der Waals surface area contributed by atoms with E-state index in [9.17, 15) is 0 Å². The molecule has 1 spiro atoms. The Morgan fingerprint density at radius 1 is 0.726 bits per heavy atom. The van der Waals surface area contributed by atoms with Crippen LogP contribution in [-0.2, 0) is 5.41 Å². The number of thioether (sulfide) groups is 1. The first-order valence-electron chi connectivity index (χ1n) is 20.8. The summed E-state index contributed by atoms with van der Waals surface area (Å²) in [6, 6.07) is 40.7. The van der Waals surface area contributed by atoms with E-state index in [1.165, 1.54) is 43.2 Å². The van der Waals surface area contributed by atoms with Gasteiger partial charge in [0, 0.05) is 38.9 Å². The molecule has 2 atom stereocenters. The fourth-order valence-electron chi connectivity index (χ4n) is 9.19. The van der Waals surface area contributed by atoms with E-state index in [1.54, 1.807) is 18.4 Å². The lowest BCUT2D eigenvalue weighted by Crippen LogP contribution is -2.35. The molecule has 0 radical (unpaired) electrons. The molecule has 0 saturated carbocycles. The molecule has 2 aromatic heterocycles. The molecule has 2 unspecified atom stereocenters. The van der Waals surface area contributed by atoms with Crippen LogP contribution >= 0.6 is 11.8 Å². The van der Waals surface area contributed by atoms with Gasteiger partial charge >= 0.3 is 0 Å². The van der Waals surface area contributed by atoms with Crippen LogP contribution in [0, 0.1) is 11.8 Å². The van der Waals surface area contributed by atoms with Gasteiger partial charge < -0.3 is 0 Å². The van der Waals surface area contributed by atoms with E-state index in [4.69, 9.17) is 24.9 Å². The van der Waals surface area contributed by atoms with Crippen molar-refractivity contribution < 1.29 is 0 Å². The predicted molar refractivity (Wildman–Crippen MR) is 256 cm³/mol. The SMILES string of the molecule is C=C/C=C\N=CC1=CC(C2C=C3C(=CC2)Sc2ccc(-c4nc(C(=C)/C=C\C=C)nc(-c5ccccc5)n4)cc2C32c3ccccc3-c3ccccc32)CC(c2ccccn2)=N1. The smallest absolute Gasteiger partial charge is 0.164 e. The van der Waals surface area contributed by atoms with Crippen molar-refractivity contribution >= 4 is 29.3 Å². The fourth-order valence-corrected chi connectivity index (χ4v) is 10.4. The molecule has 6 nitrogen and oxygen atoms in total. The Kier molecular flexibility index (Phi) is 10.4. The fraction of sp³-hybridized carbons (Fsp3) is 0.0909. The van der Waals surface area contributed by atoms with E-state index in [0.717, 1.165) is 41.1 Å². The van der Waals surface area contributed by atoms with Crippen molar-refractivity contribution in [2.75, 3.05) is 0 Å². The summed E-state index contributed by atoms with van der Waals surface area (Å²) >= 11 is 1.86. The Hall–Kier alpha value is -7.35. The molecule has 2 aliphatic heterocycles. The lowest BCUT2D eigenvalue weighted by atomic mass is 9.64. The summed E-state index contributed by atoms with van der Waals surface area (Å²) in [6.45, 7) is 12.0. The zero-order chi connectivity index (χ0) is 42.0. The van der Waals surface area contributed by atoms with Gasteiger partial charge in [-0.1, -0.05) is 165 Å². The highest BCUT2D eigenvalue weighted by atomic mass is 32.2. The highest BCUT2D eigenvalue weighted by Gasteiger charge is 2.52. The van der Waals surface area contributed by atoms with Gasteiger partial charge in [-0.3, -0.25) is 9.98 Å². The molecular weight excluding hydrogens is 777 g/mol. The first-order valence-corrected chi connectivity index (χ1v) is 21.6. The largest absolute Gasteiger partial charge is 0.262 e. The number of hydrogen-bond donors (Lipinski definition) is 0. The second-order valence-corrected chi connectivity index (χ2v) is 16.7. The third-order valence-corrected chi connectivity index (χ3v) is 13.1. The minimum Gasteiger partial charge on any atom is -0.262 e. The van der Waals surface area contributed by atoms with Crippen molar-refractivity contribution in [1.29, 1.82) is 0 Å². The summed E-state index contributed by atoms with van der Waals surface area (Å²) in [5.41, 5.74) is 12.2. The average molecular weight is 819 g/mol. The molecule has 6 aromatic rings. The standard InChI is InChI=1S/C55H42N6S/c1-4-6-17-36(3)52-59-53(37-18-9-8-10-19-37)61-54(60-52)39-26-28-51-47(33-39)55(44-22-13-11-20-42(44)43-21-12-14-23-45(43)55)46-32-38(25-27-50(46)62-51)40-31-41(35-56-29-7-5-2)58-49(34-40)48-24-15-16-30-57-48/h4-24,26-33,35,38,40H,1-3,25,34H2/b17-6-,29-7-,56-35?. The summed E-state index contributed by atoms with van der Waals surface area (Å²) in [7, 11) is 0. The molecule has 2 aliphatic carbocycles. The van der Waals surface area contributed by atoms with Crippen molar-refractivity contribution in [1.82, 2.24) is 19.9 Å². The molecule has 0 bridgehead atoms. The van der Waals surface area contributed by atoms with Gasteiger partial charge in [-0.25, -0.2) is 19.9 Å². The van der Waals surface area contributed by atoms with Crippen molar-refractivity contribution in [2.24, 2.45) is 21.8 Å². The van der Waals surface area contributed by atoms with Crippen LogP contribution in [-0.4, -0.2) is 31.9 Å². The minimum absolute atomic E-state index is 0.157. The van der Waals surface area contributed by atoms with Gasteiger partial charge in [-0.15, -0.1) is 0 Å². The van der Waals surface area contributed by atoms with Crippen LogP contribution in [0.15, 0.2) is 227 Å². The number of pyridine rings is 1. The number of benzene rings is 4. The van der Waals surface area contributed by atoms with Gasteiger partial charge in [-0.2, -0.15) is 0 Å². The first kappa shape index (κ1) is 38.8. The van der Waals surface area contributed by atoms with Gasteiger partial charge in [0.2, 0.25) is 0 Å². The quantitative estimate of drug-likeness (QED) is 0.102. The number of hydrogen-bond acceptors (Lipinski definition) is 7. The van der Waals surface area contributed by atoms with Gasteiger partial charge in [0.25, 0.3) is 0 Å². The Balaban J connectivity index is 1.16. The minimum atomic E-state index is -0.598. The Labute approximate surface area is 366 Å². The molecule has 298 valence electrons. The highest BCUT2D eigenvalue weighted by molar-refractivity contribution is 8.03. The van der Waals surface area contributed by atoms with E-state index in [-0.39, 0.29) is 11.8 Å². The number of allylic oxidation sites excluding steroid dienone is 11. The van der Waals surface area contributed by atoms with Crippen LogP contribution in [0.1, 0.15) is 41.1 Å². The molecule has 0 saturated heterocycles. The zero-order valence-corrected chi connectivity index (χ0v) is 34.9. The topological polar surface area (TPSA) is 76.3 Å². The van der Waals surface area contributed by atoms with E-state index in [0.29, 0.717) is 23.0 Å². The number of aromatic nitrogens is 4. The second kappa shape index (κ2) is 16.6. The van der Waals surface area contributed by atoms with Crippen LogP contribution < -0.4 is 0 Å². The Bertz CT molecular complexity index is 2960. The number of nitrogens with zero attached hydrogens (tertiary/aromatic N) is 6. The van der Waals surface area contributed by atoms with Crippen LogP contribution in [0.3, 0.4) is 0 Å². The molecule has 4 heterocycles. The van der Waals surface area contributed by atoms with Crippen molar-refractivity contribution in [3.63, 3.8) is 0 Å². The summed E-state index contributed by atoms with van der Waals surface area (Å²) in [6.07, 6.45) is 23.4. The molecule has 7 heteroatoms. The number of aliphatic imine (C=N–C) groups is 2. The molecule has 10 rings (SSSR count). The second-order valence-electron chi connectivity index (χ2n) is 15.6. The Morgan fingerprint density at radius 2 is 1.45 bits per heavy atom. The van der Waals surface area contributed by atoms with E-state index in [1.807, 2.05) is 90.9 Å². The highest BCUT2D eigenvalue weighted by Crippen LogP contribution is 2.65. The third kappa shape index (κ3) is 6.90. The number of rotatable bonds is 10. The average Bonchev–Trinajstić information content (AvgIpc) is 3.63. The lowest BCUT2D eigenvalue weighted by Gasteiger charge is -2.44. The molecule has 4 aromatic carbocycles. The normalized spacial score (nSPS) is 18.3. The predicted octanol–water partition coefficient (Wildman–Crippen LogP) is 12.8. The van der Waals surface area contributed by atoms with Gasteiger partial charge in [0.15, 0.2) is 17.5 Å². The van der Waals surface area contributed by atoms with E-state index < -0.39 is 5.41 Å². The van der Waals surface area contributed by atoms with Crippen LogP contribution in [0.2, 0.25) is 0 Å². The van der Waals surface area contributed by atoms with Gasteiger partial charge in [0.05, 0.1) is 28.7 Å². The van der Waals surface area contributed by atoms with Crippen molar-refractivity contribution in [3.8, 4) is 33.9 Å². The molecule has 0 amide bonds. The summed E-state index contributed by atoms with van der Waals surface area (Å²) in [5.74, 6) is 2.04. The number of fused-ring (bicyclic) bond motifs is 9. The maximum absolute atomic E-state index is 5.13. The molecule has 0 fully saturated rings. The summed E-state index contributed by atoms with van der Waals surface area (Å²) in [4.78, 5) is 32.0. The molecule has 62 heavy (non-hydrogen) atoms. The Morgan fingerprint density at radius 3 is 2.19 bits per heavy atom. The molecular formula is C55H42N6S. The van der Waals surface area contributed by atoms with Gasteiger partial charge in [-0.05, 0) is 88.4 Å². The summed E-state index contributed by atoms with van der Waals surface area (Å²) < 4.78 is 0. The third-order valence-electron chi connectivity index (χ3n) is 11.9. The van der Waals surface area contributed by atoms with Gasteiger partial charge in [0.1, 0.15) is 0 Å². The maximum atomic E-state index is 5.13. The zero-order valence-electron chi connectivity index (χ0n) is 34.1. The summed E-state index contributed by atoms with van der Waals surface area (Å²) in [5, 5.41) is 0. The van der Waals surface area contributed by atoms with Crippen molar-refractivity contribution in [3.05, 3.63) is 240 Å². The monoisotopic (exact) mass is 818 g/mol. The van der Waals surface area contributed by atoms with Crippen LogP contribution in [0.5, 0.6) is 0 Å². The molecule has 0 N–H and O–H groups in total. The van der Waals surface area contributed by atoms with Crippen molar-refractivity contribution in [2.45, 2.75) is 23.2 Å². The van der Waals surface area contributed by atoms with Crippen LogP contribution in [0.25, 0.3) is 39.5 Å². The molecule has 4 aliphatic rings. The first-order chi connectivity index (χ1) is 30.5. The van der Waals surface area contributed by atoms with E-state index >= 15 is 0 Å². The maximum Gasteiger partial charge on any atom is 0.164 e. The van der Waals surface area contributed by atoms with Crippen LogP contribution in [0.4, 0.5) is 0 Å². The van der Waals surface area contributed by atoms with E-state index in [2.05, 4.69) is 110 Å². The lowest BCUT2D eigenvalue weighted by molar-refractivity contribution is 0.476.